The maximum Gasteiger partial charge on any atom is 0.160 e. The van der Waals surface area contributed by atoms with E-state index < -0.39 is 0 Å². The summed E-state index contributed by atoms with van der Waals surface area (Å²) in [5.41, 5.74) is 8.39. The van der Waals surface area contributed by atoms with Crippen molar-refractivity contribution in [1.82, 2.24) is 14.5 Å². The lowest BCUT2D eigenvalue weighted by Gasteiger charge is -2.12. The van der Waals surface area contributed by atoms with Crippen LogP contribution in [0.25, 0.3) is 81.6 Å². The molecule has 3 heterocycles. The first kappa shape index (κ1) is 25.0. The zero-order valence-electron chi connectivity index (χ0n) is 23.7. The molecular weight excluding hydrogens is 555 g/mol. The minimum atomic E-state index is 0.707. The van der Waals surface area contributed by atoms with E-state index in [0.717, 1.165) is 33.8 Å². The first-order valence-electron chi connectivity index (χ1n) is 14.8. The number of nitrogens with zero attached hydrogens (tertiary/aromatic N) is 3. The summed E-state index contributed by atoms with van der Waals surface area (Å²) < 4.78 is 5.02. The Balaban J connectivity index is 1.27. The standard InChI is InChI=1S/C40H25N3S/c1-3-12-26(13-4-1)34-25-35(27-14-5-2-6-15-27)42-40(41-34)28-16-11-17-29(22-28)43-36-20-9-7-18-30(36)32-24-39-33(23-37(32)43)31-19-8-10-21-38(31)44-39/h1-25H. The van der Waals surface area contributed by atoms with Gasteiger partial charge in [-0.25, -0.2) is 9.97 Å². The molecule has 4 heteroatoms. The van der Waals surface area contributed by atoms with Crippen molar-refractivity contribution in [2.75, 3.05) is 0 Å². The number of benzene rings is 6. The lowest BCUT2D eigenvalue weighted by Crippen LogP contribution is -1.98. The quantitative estimate of drug-likeness (QED) is 0.208. The smallest absolute Gasteiger partial charge is 0.160 e. The molecule has 0 aliphatic carbocycles. The molecule has 206 valence electrons. The molecule has 0 N–H and O–H groups in total. The zero-order chi connectivity index (χ0) is 29.0. The van der Waals surface area contributed by atoms with E-state index in [9.17, 15) is 0 Å². The van der Waals surface area contributed by atoms with Crippen molar-refractivity contribution >= 4 is 53.3 Å². The normalized spacial score (nSPS) is 11.6. The first-order chi connectivity index (χ1) is 21.8. The van der Waals surface area contributed by atoms with Gasteiger partial charge in [0.1, 0.15) is 0 Å². The first-order valence-corrected chi connectivity index (χ1v) is 15.6. The Hall–Kier alpha value is -5.58. The average Bonchev–Trinajstić information content (AvgIpc) is 3.62. The number of rotatable bonds is 4. The molecule has 0 amide bonds. The molecule has 6 aromatic carbocycles. The van der Waals surface area contributed by atoms with Crippen molar-refractivity contribution in [3.63, 3.8) is 0 Å². The number of thiophene rings is 1. The number of aromatic nitrogens is 3. The van der Waals surface area contributed by atoms with Crippen molar-refractivity contribution in [1.29, 1.82) is 0 Å². The Bertz CT molecular complexity index is 2430. The van der Waals surface area contributed by atoms with Crippen molar-refractivity contribution in [2.45, 2.75) is 0 Å². The highest BCUT2D eigenvalue weighted by Gasteiger charge is 2.17. The van der Waals surface area contributed by atoms with Gasteiger partial charge in [0.15, 0.2) is 5.82 Å². The lowest BCUT2D eigenvalue weighted by atomic mass is 10.1. The molecule has 0 bridgehead atoms. The van der Waals surface area contributed by atoms with Crippen LogP contribution >= 0.6 is 11.3 Å². The van der Waals surface area contributed by atoms with E-state index in [0.29, 0.717) is 5.82 Å². The molecule has 0 fully saturated rings. The third-order valence-electron chi connectivity index (χ3n) is 8.40. The molecule has 0 radical (unpaired) electrons. The molecule has 9 aromatic rings. The predicted octanol–water partition coefficient (Wildman–Crippen LogP) is 10.9. The van der Waals surface area contributed by atoms with Gasteiger partial charge >= 0.3 is 0 Å². The number of fused-ring (bicyclic) bond motifs is 6. The highest BCUT2D eigenvalue weighted by Crippen LogP contribution is 2.41. The van der Waals surface area contributed by atoms with Crippen molar-refractivity contribution in [3.05, 3.63) is 152 Å². The monoisotopic (exact) mass is 579 g/mol. The second kappa shape index (κ2) is 10.0. The zero-order valence-corrected chi connectivity index (χ0v) is 24.5. The number of hydrogen-bond acceptors (Lipinski definition) is 3. The molecule has 0 saturated carbocycles. The van der Waals surface area contributed by atoms with Crippen molar-refractivity contribution in [3.8, 4) is 39.6 Å². The van der Waals surface area contributed by atoms with Gasteiger partial charge in [-0.3, -0.25) is 0 Å². The Morgan fingerprint density at radius 3 is 1.80 bits per heavy atom. The molecule has 0 unspecified atom stereocenters. The summed E-state index contributed by atoms with van der Waals surface area (Å²) in [7, 11) is 0. The topological polar surface area (TPSA) is 30.7 Å². The second-order valence-corrected chi connectivity index (χ2v) is 12.1. The van der Waals surface area contributed by atoms with Crippen LogP contribution in [-0.2, 0) is 0 Å². The van der Waals surface area contributed by atoms with Crippen molar-refractivity contribution in [2.24, 2.45) is 0 Å². The Morgan fingerprint density at radius 2 is 1.05 bits per heavy atom. The molecule has 0 spiro atoms. The van der Waals surface area contributed by atoms with Gasteiger partial charge in [-0.15, -0.1) is 11.3 Å². The fourth-order valence-electron chi connectivity index (χ4n) is 6.34. The van der Waals surface area contributed by atoms with E-state index in [2.05, 4.69) is 144 Å². The Kier molecular flexibility index (Phi) is 5.68. The fourth-order valence-corrected chi connectivity index (χ4v) is 7.47. The fraction of sp³-hybridized carbons (Fsp3) is 0. The largest absolute Gasteiger partial charge is 0.309 e. The highest BCUT2D eigenvalue weighted by molar-refractivity contribution is 7.25. The van der Waals surface area contributed by atoms with Crippen LogP contribution in [0.15, 0.2) is 152 Å². The van der Waals surface area contributed by atoms with Crippen LogP contribution in [0.3, 0.4) is 0 Å². The van der Waals surface area contributed by atoms with Crippen LogP contribution in [0.2, 0.25) is 0 Å². The van der Waals surface area contributed by atoms with E-state index in [4.69, 9.17) is 9.97 Å². The molecular formula is C40H25N3S. The van der Waals surface area contributed by atoms with Gasteiger partial charge in [0, 0.05) is 53.3 Å². The number of hydrogen-bond donors (Lipinski definition) is 0. The van der Waals surface area contributed by atoms with E-state index >= 15 is 0 Å². The van der Waals surface area contributed by atoms with Crippen LogP contribution in [0.1, 0.15) is 0 Å². The molecule has 44 heavy (non-hydrogen) atoms. The average molecular weight is 580 g/mol. The van der Waals surface area contributed by atoms with Crippen LogP contribution in [0.5, 0.6) is 0 Å². The SMILES string of the molecule is c1ccc(-c2cc(-c3ccccc3)nc(-c3cccc(-n4c5ccccc5c5cc6sc7ccccc7c6cc54)c3)n2)cc1. The summed E-state index contributed by atoms with van der Waals surface area (Å²) >= 11 is 1.86. The van der Waals surface area contributed by atoms with Gasteiger partial charge in [-0.1, -0.05) is 109 Å². The third kappa shape index (κ3) is 4.03. The molecule has 0 aliphatic heterocycles. The number of para-hydroxylation sites is 1. The van der Waals surface area contributed by atoms with E-state index in [1.807, 2.05) is 23.5 Å². The molecule has 0 saturated heterocycles. The molecule has 3 aromatic heterocycles. The summed E-state index contributed by atoms with van der Waals surface area (Å²) in [5.74, 6) is 0.707. The summed E-state index contributed by atoms with van der Waals surface area (Å²) in [6.07, 6.45) is 0. The minimum Gasteiger partial charge on any atom is -0.309 e. The van der Waals surface area contributed by atoms with Crippen molar-refractivity contribution < 1.29 is 0 Å². The van der Waals surface area contributed by atoms with Gasteiger partial charge in [-0.2, -0.15) is 0 Å². The van der Waals surface area contributed by atoms with Crippen LogP contribution in [0, 0.1) is 0 Å². The van der Waals surface area contributed by atoms with Crippen LogP contribution in [-0.4, -0.2) is 14.5 Å². The summed E-state index contributed by atoms with van der Waals surface area (Å²) in [4.78, 5) is 10.2. The summed E-state index contributed by atoms with van der Waals surface area (Å²) in [6, 6.07) is 53.5. The third-order valence-corrected chi connectivity index (χ3v) is 9.53. The molecule has 0 atom stereocenters. The minimum absolute atomic E-state index is 0.707. The highest BCUT2D eigenvalue weighted by atomic mass is 32.1. The van der Waals surface area contributed by atoms with Gasteiger partial charge in [-0.05, 0) is 42.5 Å². The second-order valence-electron chi connectivity index (χ2n) is 11.1. The van der Waals surface area contributed by atoms with Gasteiger partial charge in [0.2, 0.25) is 0 Å². The van der Waals surface area contributed by atoms with E-state index in [-0.39, 0.29) is 0 Å². The van der Waals surface area contributed by atoms with Gasteiger partial charge in [0.05, 0.1) is 22.4 Å². The Labute approximate surface area is 258 Å². The van der Waals surface area contributed by atoms with Crippen LogP contribution in [0.4, 0.5) is 0 Å². The van der Waals surface area contributed by atoms with E-state index in [1.54, 1.807) is 0 Å². The maximum absolute atomic E-state index is 5.10. The van der Waals surface area contributed by atoms with Crippen LogP contribution < -0.4 is 0 Å². The lowest BCUT2D eigenvalue weighted by molar-refractivity contribution is 1.16. The molecule has 3 nitrogen and oxygen atoms in total. The predicted molar refractivity (Wildman–Crippen MR) is 186 cm³/mol. The maximum atomic E-state index is 5.10. The molecule has 9 rings (SSSR count). The van der Waals surface area contributed by atoms with Gasteiger partial charge < -0.3 is 4.57 Å². The Morgan fingerprint density at radius 1 is 0.409 bits per heavy atom. The molecule has 0 aliphatic rings. The van der Waals surface area contributed by atoms with E-state index in [1.165, 1.54) is 42.0 Å². The summed E-state index contributed by atoms with van der Waals surface area (Å²) in [6.45, 7) is 0. The van der Waals surface area contributed by atoms with Gasteiger partial charge in [0.25, 0.3) is 0 Å². The summed E-state index contributed by atoms with van der Waals surface area (Å²) in [5, 5.41) is 5.11.